The normalized spacial score (nSPS) is 10.2. The molecule has 3 N–H and O–H groups in total. The number of carbonyl (C=O) groups excluding carboxylic acids is 1. The molecule has 0 unspecified atom stereocenters. The second-order valence-corrected chi connectivity index (χ2v) is 7.26. The molecule has 8 heteroatoms. The summed E-state index contributed by atoms with van der Waals surface area (Å²) in [5.41, 5.74) is 1.79. The maximum Gasteiger partial charge on any atom is 0.261 e. The highest BCUT2D eigenvalue weighted by Gasteiger charge is 2.18. The second-order valence-electron chi connectivity index (χ2n) is 5.08. The monoisotopic (exact) mass is 486 g/mol. The minimum absolute atomic E-state index is 0.0524. The fourth-order valence-corrected chi connectivity index (χ4v) is 3.75. The van der Waals surface area contributed by atoms with Crippen LogP contribution in [0.5, 0.6) is 11.5 Å². The maximum absolute atomic E-state index is 12.5. The molecule has 0 saturated heterocycles. The summed E-state index contributed by atoms with van der Waals surface area (Å²) in [6, 6.07) is 8.60. The van der Waals surface area contributed by atoms with Crippen molar-refractivity contribution in [1.82, 2.24) is 5.32 Å². The first-order valence-electron chi connectivity index (χ1n) is 7.33. The van der Waals surface area contributed by atoms with Gasteiger partial charge in [-0.3, -0.25) is 10.1 Å². The van der Waals surface area contributed by atoms with E-state index in [0.717, 1.165) is 16.5 Å². The number of aromatic hydroxyl groups is 1. The van der Waals surface area contributed by atoms with Crippen molar-refractivity contribution < 1.29 is 14.6 Å². The number of rotatable bonds is 4. The van der Waals surface area contributed by atoms with E-state index in [-0.39, 0.29) is 10.9 Å². The molecule has 0 aromatic heterocycles. The predicted octanol–water partition coefficient (Wildman–Crippen LogP) is 4.62. The molecule has 0 aliphatic heterocycles. The van der Waals surface area contributed by atoms with Crippen LogP contribution in [0.15, 0.2) is 39.3 Å². The first-order valence-corrected chi connectivity index (χ1v) is 9.32. The van der Waals surface area contributed by atoms with Crippen LogP contribution >= 0.6 is 44.1 Å². The van der Waals surface area contributed by atoms with Crippen LogP contribution in [-0.4, -0.2) is 23.2 Å². The third kappa shape index (κ3) is 4.93. The van der Waals surface area contributed by atoms with Crippen molar-refractivity contribution in [3.05, 3.63) is 50.4 Å². The van der Waals surface area contributed by atoms with Gasteiger partial charge < -0.3 is 15.2 Å². The van der Waals surface area contributed by atoms with E-state index < -0.39 is 5.91 Å². The standard InChI is InChI=1S/C17H16Br2N2O3S/c1-3-9-4-5-14(22)13(6-9)20-17(25)21-16(23)11-7-10(18)8-12(19)15(11)24-2/h4-8,22H,3H2,1-2H3,(H2,20,21,23,25). The first kappa shape index (κ1) is 19.7. The van der Waals surface area contributed by atoms with E-state index in [2.05, 4.69) is 42.5 Å². The number of benzene rings is 2. The van der Waals surface area contributed by atoms with Gasteiger partial charge in [0.2, 0.25) is 0 Å². The van der Waals surface area contributed by atoms with E-state index in [1.54, 1.807) is 24.3 Å². The van der Waals surface area contributed by atoms with Crippen LogP contribution < -0.4 is 15.4 Å². The van der Waals surface area contributed by atoms with Crippen LogP contribution in [-0.2, 0) is 6.42 Å². The lowest BCUT2D eigenvalue weighted by atomic mass is 10.1. The van der Waals surface area contributed by atoms with E-state index >= 15 is 0 Å². The summed E-state index contributed by atoms with van der Waals surface area (Å²) in [4.78, 5) is 12.5. The van der Waals surface area contributed by atoms with E-state index in [9.17, 15) is 9.90 Å². The second kappa shape index (κ2) is 8.64. The third-order valence-corrected chi connectivity index (χ3v) is 4.65. The molecule has 0 fully saturated rings. The van der Waals surface area contributed by atoms with Crippen molar-refractivity contribution in [2.75, 3.05) is 12.4 Å². The van der Waals surface area contributed by atoms with Gasteiger partial charge in [-0.2, -0.15) is 0 Å². The van der Waals surface area contributed by atoms with E-state index in [1.165, 1.54) is 7.11 Å². The van der Waals surface area contributed by atoms with Crippen LogP contribution in [0.1, 0.15) is 22.8 Å². The van der Waals surface area contributed by atoms with Gasteiger partial charge in [0.15, 0.2) is 5.11 Å². The van der Waals surface area contributed by atoms with Crippen molar-refractivity contribution in [1.29, 1.82) is 0 Å². The molecule has 0 radical (unpaired) electrons. The Morgan fingerprint density at radius 3 is 2.64 bits per heavy atom. The number of carbonyl (C=O) groups is 1. The number of ether oxygens (including phenoxy) is 1. The summed E-state index contributed by atoms with van der Waals surface area (Å²) in [7, 11) is 1.48. The molecule has 1 amide bonds. The molecule has 0 bridgehead atoms. The molecule has 5 nitrogen and oxygen atoms in total. The van der Waals surface area contributed by atoms with E-state index in [4.69, 9.17) is 17.0 Å². The van der Waals surface area contributed by atoms with Gasteiger partial charge in [-0.05, 0) is 64.4 Å². The Labute approximate surface area is 168 Å². The smallest absolute Gasteiger partial charge is 0.261 e. The number of amides is 1. The quantitative estimate of drug-likeness (QED) is 0.433. The fraction of sp³-hybridized carbons (Fsp3) is 0.176. The lowest BCUT2D eigenvalue weighted by Crippen LogP contribution is -2.34. The third-order valence-electron chi connectivity index (χ3n) is 3.40. The highest BCUT2D eigenvalue weighted by atomic mass is 79.9. The highest BCUT2D eigenvalue weighted by molar-refractivity contribution is 9.11. The van der Waals surface area contributed by atoms with Gasteiger partial charge >= 0.3 is 0 Å². The van der Waals surface area contributed by atoms with Crippen LogP contribution in [0.2, 0.25) is 0 Å². The number of halogens is 2. The van der Waals surface area contributed by atoms with Gasteiger partial charge in [0.25, 0.3) is 5.91 Å². The van der Waals surface area contributed by atoms with Gasteiger partial charge in [0, 0.05) is 4.47 Å². The number of phenolic OH excluding ortho intramolecular Hbond substituents is 1. The zero-order valence-electron chi connectivity index (χ0n) is 13.5. The number of aryl methyl sites for hydroxylation is 1. The summed E-state index contributed by atoms with van der Waals surface area (Å²) < 4.78 is 6.63. The van der Waals surface area contributed by atoms with Crippen LogP contribution in [0, 0.1) is 0 Å². The number of nitrogens with one attached hydrogen (secondary N) is 2. The van der Waals surface area contributed by atoms with Gasteiger partial charge in [-0.25, -0.2) is 0 Å². The largest absolute Gasteiger partial charge is 0.506 e. The first-order chi connectivity index (χ1) is 11.8. The Kier molecular flexibility index (Phi) is 6.80. The number of thiocarbonyl (C=S) groups is 1. The van der Waals surface area contributed by atoms with Crippen molar-refractivity contribution >= 4 is 60.8 Å². The topological polar surface area (TPSA) is 70.6 Å². The SMILES string of the molecule is CCc1ccc(O)c(NC(=S)NC(=O)c2cc(Br)cc(Br)c2OC)c1. The number of anilines is 1. The summed E-state index contributed by atoms with van der Waals surface area (Å²) in [5.74, 6) is 0.0263. The maximum atomic E-state index is 12.5. The van der Waals surface area contributed by atoms with Crippen molar-refractivity contribution in [2.45, 2.75) is 13.3 Å². The highest BCUT2D eigenvalue weighted by Crippen LogP contribution is 2.32. The molecule has 0 atom stereocenters. The van der Waals surface area contributed by atoms with Crippen molar-refractivity contribution in [3.63, 3.8) is 0 Å². The lowest BCUT2D eigenvalue weighted by molar-refractivity contribution is 0.0974. The lowest BCUT2D eigenvalue weighted by Gasteiger charge is -2.14. The Morgan fingerprint density at radius 2 is 2.00 bits per heavy atom. The molecule has 0 saturated carbocycles. The summed E-state index contributed by atoms with van der Waals surface area (Å²) >= 11 is 11.9. The molecule has 0 spiro atoms. The number of phenols is 1. The minimum atomic E-state index is -0.428. The zero-order valence-corrected chi connectivity index (χ0v) is 17.5. The van der Waals surface area contributed by atoms with Gasteiger partial charge in [-0.1, -0.05) is 28.9 Å². The van der Waals surface area contributed by atoms with Crippen LogP contribution in [0.4, 0.5) is 5.69 Å². The summed E-state index contributed by atoms with van der Waals surface area (Å²) in [6.45, 7) is 2.01. The van der Waals surface area contributed by atoms with Gasteiger partial charge in [0.1, 0.15) is 11.5 Å². The molecule has 0 aliphatic rings. The number of methoxy groups -OCH3 is 1. The zero-order chi connectivity index (χ0) is 18.6. The van der Waals surface area contributed by atoms with Crippen LogP contribution in [0.3, 0.4) is 0 Å². The average molecular weight is 488 g/mol. The number of hydrogen-bond acceptors (Lipinski definition) is 4. The number of hydrogen-bond donors (Lipinski definition) is 3. The molecular weight excluding hydrogens is 472 g/mol. The Bertz CT molecular complexity index is 828. The fourth-order valence-electron chi connectivity index (χ4n) is 2.16. The summed E-state index contributed by atoms with van der Waals surface area (Å²) in [6.07, 6.45) is 0.817. The van der Waals surface area contributed by atoms with E-state index in [0.29, 0.717) is 21.5 Å². The molecule has 2 rings (SSSR count). The van der Waals surface area contributed by atoms with Crippen molar-refractivity contribution in [3.8, 4) is 11.5 Å². The van der Waals surface area contributed by atoms with Crippen molar-refractivity contribution in [2.24, 2.45) is 0 Å². The molecule has 2 aromatic carbocycles. The molecular formula is C17H16Br2N2O3S. The van der Waals surface area contributed by atoms with Gasteiger partial charge in [0.05, 0.1) is 22.8 Å². The molecule has 0 aliphatic carbocycles. The Hall–Kier alpha value is -1.64. The van der Waals surface area contributed by atoms with Crippen LogP contribution in [0.25, 0.3) is 0 Å². The Morgan fingerprint density at radius 1 is 1.28 bits per heavy atom. The Balaban J connectivity index is 2.17. The predicted molar refractivity (Wildman–Crippen MR) is 110 cm³/mol. The molecule has 0 heterocycles. The van der Waals surface area contributed by atoms with Gasteiger partial charge in [-0.15, -0.1) is 0 Å². The molecule has 25 heavy (non-hydrogen) atoms. The summed E-state index contributed by atoms with van der Waals surface area (Å²) in [5, 5.41) is 15.4. The molecule has 132 valence electrons. The average Bonchev–Trinajstić information content (AvgIpc) is 2.56. The van der Waals surface area contributed by atoms with E-state index in [1.807, 2.05) is 13.0 Å². The minimum Gasteiger partial charge on any atom is -0.506 e. The molecule has 2 aromatic rings.